The van der Waals surface area contributed by atoms with Crippen LogP contribution in [0.2, 0.25) is 0 Å². The van der Waals surface area contributed by atoms with Gasteiger partial charge >= 0.3 is 0 Å². The third-order valence-corrected chi connectivity index (χ3v) is 2.72. The van der Waals surface area contributed by atoms with Crippen LogP contribution in [-0.2, 0) is 6.54 Å². The Kier molecular flexibility index (Phi) is 3.38. The first-order valence-corrected chi connectivity index (χ1v) is 5.85. The fourth-order valence-electron chi connectivity index (χ4n) is 1.87. The highest BCUT2D eigenvalue weighted by atomic mass is 16.1. The summed E-state index contributed by atoms with van der Waals surface area (Å²) < 4.78 is 1.97. The molecule has 88 valence electrons. The van der Waals surface area contributed by atoms with Crippen molar-refractivity contribution in [3.8, 4) is 11.3 Å². The summed E-state index contributed by atoms with van der Waals surface area (Å²) in [4.78, 5) is 11.4. The average Bonchev–Trinajstić information content (AvgIpc) is 2.78. The Bertz CT molecular complexity index is 529. The molecule has 2 aromatic rings. The van der Waals surface area contributed by atoms with Crippen LogP contribution in [0.25, 0.3) is 11.3 Å². The van der Waals surface area contributed by atoms with E-state index in [4.69, 9.17) is 0 Å². The molecule has 0 unspecified atom stereocenters. The molecule has 0 saturated carbocycles. The molecular formula is C14H16N2O. The molecular weight excluding hydrogens is 212 g/mol. The lowest BCUT2D eigenvalue weighted by atomic mass is 10.1. The minimum absolute atomic E-state index is 0.0911. The second kappa shape index (κ2) is 4.95. The summed E-state index contributed by atoms with van der Waals surface area (Å²) in [5.41, 5.74) is 2.85. The maximum Gasteiger partial charge on any atom is 0.159 e. The van der Waals surface area contributed by atoms with Gasteiger partial charge in [0, 0.05) is 23.9 Å². The fourth-order valence-corrected chi connectivity index (χ4v) is 1.87. The summed E-state index contributed by atoms with van der Waals surface area (Å²) >= 11 is 0. The van der Waals surface area contributed by atoms with Crippen LogP contribution < -0.4 is 0 Å². The van der Waals surface area contributed by atoms with Crippen molar-refractivity contribution in [2.75, 3.05) is 0 Å². The number of carbonyl (C=O) groups excluding carboxylic acids is 1. The van der Waals surface area contributed by atoms with Crippen molar-refractivity contribution >= 4 is 5.78 Å². The van der Waals surface area contributed by atoms with Crippen LogP contribution in [0.5, 0.6) is 0 Å². The third kappa shape index (κ3) is 2.44. The van der Waals surface area contributed by atoms with Gasteiger partial charge in [-0.15, -0.1) is 0 Å². The highest BCUT2D eigenvalue weighted by Crippen LogP contribution is 2.20. The van der Waals surface area contributed by atoms with Gasteiger partial charge in [0.25, 0.3) is 0 Å². The largest absolute Gasteiger partial charge is 0.295 e. The summed E-state index contributed by atoms with van der Waals surface area (Å²) in [6.45, 7) is 4.60. The van der Waals surface area contributed by atoms with Crippen LogP contribution in [0.3, 0.4) is 0 Å². The number of carbonyl (C=O) groups is 1. The molecule has 0 aliphatic carbocycles. The Hall–Kier alpha value is -1.90. The van der Waals surface area contributed by atoms with Crippen LogP contribution in [0.1, 0.15) is 30.6 Å². The van der Waals surface area contributed by atoms with Gasteiger partial charge in [-0.25, -0.2) is 0 Å². The average molecular weight is 228 g/mol. The molecule has 0 N–H and O–H groups in total. The van der Waals surface area contributed by atoms with E-state index in [9.17, 15) is 4.79 Å². The number of aryl methyl sites for hydroxylation is 1. The first kappa shape index (κ1) is 11.6. The van der Waals surface area contributed by atoms with Gasteiger partial charge in [-0.2, -0.15) is 5.10 Å². The van der Waals surface area contributed by atoms with E-state index < -0.39 is 0 Å². The summed E-state index contributed by atoms with van der Waals surface area (Å²) in [5.74, 6) is 0.0911. The molecule has 0 fully saturated rings. The minimum Gasteiger partial charge on any atom is -0.295 e. The van der Waals surface area contributed by atoms with Crippen molar-refractivity contribution in [1.82, 2.24) is 9.78 Å². The van der Waals surface area contributed by atoms with Crippen molar-refractivity contribution in [2.45, 2.75) is 26.8 Å². The SMILES string of the molecule is CCCn1nccc1-c1cccc(C(C)=O)c1. The first-order valence-electron chi connectivity index (χ1n) is 5.85. The second-order valence-electron chi connectivity index (χ2n) is 4.08. The van der Waals surface area contributed by atoms with Gasteiger partial charge in [0.2, 0.25) is 0 Å². The van der Waals surface area contributed by atoms with E-state index in [-0.39, 0.29) is 5.78 Å². The predicted octanol–water partition coefficient (Wildman–Crippen LogP) is 3.16. The van der Waals surface area contributed by atoms with Gasteiger partial charge in [-0.05, 0) is 25.5 Å². The third-order valence-electron chi connectivity index (χ3n) is 2.72. The van der Waals surface area contributed by atoms with E-state index in [0.29, 0.717) is 0 Å². The molecule has 2 rings (SSSR count). The zero-order chi connectivity index (χ0) is 12.3. The molecule has 0 aliphatic rings. The van der Waals surface area contributed by atoms with Gasteiger partial charge in [0.15, 0.2) is 5.78 Å². The van der Waals surface area contributed by atoms with E-state index in [1.807, 2.05) is 35.0 Å². The van der Waals surface area contributed by atoms with Crippen molar-refractivity contribution in [2.24, 2.45) is 0 Å². The molecule has 0 spiro atoms. The smallest absolute Gasteiger partial charge is 0.159 e. The normalized spacial score (nSPS) is 10.5. The number of hydrogen-bond donors (Lipinski definition) is 0. The van der Waals surface area contributed by atoms with Crippen LogP contribution in [-0.4, -0.2) is 15.6 Å². The highest BCUT2D eigenvalue weighted by Gasteiger charge is 2.06. The Morgan fingerprint density at radius 1 is 1.35 bits per heavy atom. The molecule has 1 aromatic carbocycles. The number of Topliss-reactive ketones (excluding diaryl/α,β-unsaturated/α-hetero) is 1. The van der Waals surface area contributed by atoms with E-state index in [1.54, 1.807) is 13.1 Å². The highest BCUT2D eigenvalue weighted by molar-refractivity contribution is 5.95. The number of benzene rings is 1. The summed E-state index contributed by atoms with van der Waals surface area (Å²) in [7, 11) is 0. The van der Waals surface area contributed by atoms with Crippen LogP contribution in [0, 0.1) is 0 Å². The number of ketones is 1. The molecule has 17 heavy (non-hydrogen) atoms. The van der Waals surface area contributed by atoms with E-state index in [1.165, 1.54) is 0 Å². The Labute approximate surface area is 101 Å². The van der Waals surface area contributed by atoms with Crippen molar-refractivity contribution in [3.05, 3.63) is 42.1 Å². The fraction of sp³-hybridized carbons (Fsp3) is 0.286. The van der Waals surface area contributed by atoms with Gasteiger partial charge < -0.3 is 0 Å². The maximum atomic E-state index is 11.4. The van der Waals surface area contributed by atoms with E-state index in [2.05, 4.69) is 12.0 Å². The lowest BCUT2D eigenvalue weighted by Gasteiger charge is -2.07. The standard InChI is InChI=1S/C14H16N2O/c1-3-9-16-14(7-8-15-16)13-6-4-5-12(10-13)11(2)17/h4-8,10H,3,9H2,1-2H3. The van der Waals surface area contributed by atoms with Crippen LogP contribution in [0.4, 0.5) is 0 Å². The zero-order valence-electron chi connectivity index (χ0n) is 10.2. The van der Waals surface area contributed by atoms with Crippen molar-refractivity contribution in [3.63, 3.8) is 0 Å². The minimum atomic E-state index is 0.0911. The lowest BCUT2D eigenvalue weighted by Crippen LogP contribution is -2.01. The molecule has 1 heterocycles. The molecule has 1 aromatic heterocycles. The summed E-state index contributed by atoms with van der Waals surface area (Å²) in [6.07, 6.45) is 2.84. The number of aromatic nitrogens is 2. The van der Waals surface area contributed by atoms with Crippen LogP contribution in [0.15, 0.2) is 36.5 Å². The van der Waals surface area contributed by atoms with Gasteiger partial charge in [0.05, 0.1) is 5.69 Å². The molecule has 3 nitrogen and oxygen atoms in total. The first-order chi connectivity index (χ1) is 8.22. The van der Waals surface area contributed by atoms with E-state index >= 15 is 0 Å². The van der Waals surface area contributed by atoms with Crippen molar-refractivity contribution in [1.29, 1.82) is 0 Å². The molecule has 0 saturated heterocycles. The van der Waals surface area contributed by atoms with Crippen molar-refractivity contribution < 1.29 is 4.79 Å². The quantitative estimate of drug-likeness (QED) is 0.753. The monoisotopic (exact) mass is 228 g/mol. The van der Waals surface area contributed by atoms with E-state index in [0.717, 1.165) is 29.8 Å². The van der Waals surface area contributed by atoms with Gasteiger partial charge in [-0.1, -0.05) is 25.1 Å². The molecule has 0 aliphatic heterocycles. The number of nitrogens with zero attached hydrogens (tertiary/aromatic N) is 2. The summed E-state index contributed by atoms with van der Waals surface area (Å²) in [5, 5.41) is 4.29. The number of rotatable bonds is 4. The maximum absolute atomic E-state index is 11.4. The Morgan fingerprint density at radius 3 is 2.88 bits per heavy atom. The van der Waals surface area contributed by atoms with Gasteiger partial charge in [0.1, 0.15) is 0 Å². The Balaban J connectivity index is 2.42. The zero-order valence-corrected chi connectivity index (χ0v) is 10.2. The predicted molar refractivity (Wildman–Crippen MR) is 68.0 cm³/mol. The number of hydrogen-bond acceptors (Lipinski definition) is 2. The lowest BCUT2D eigenvalue weighted by molar-refractivity contribution is 0.101. The molecule has 0 bridgehead atoms. The topological polar surface area (TPSA) is 34.9 Å². The molecule has 0 radical (unpaired) electrons. The molecule has 0 amide bonds. The summed E-state index contributed by atoms with van der Waals surface area (Å²) in [6, 6.07) is 9.66. The molecule has 0 atom stereocenters. The molecule has 3 heteroatoms. The Morgan fingerprint density at radius 2 is 2.18 bits per heavy atom. The van der Waals surface area contributed by atoms with Crippen LogP contribution >= 0.6 is 0 Å². The van der Waals surface area contributed by atoms with Gasteiger partial charge in [-0.3, -0.25) is 9.48 Å². The second-order valence-corrected chi connectivity index (χ2v) is 4.08.